The van der Waals surface area contributed by atoms with Gasteiger partial charge in [-0.05, 0) is 6.92 Å². The van der Waals surface area contributed by atoms with Crippen LogP contribution in [0.25, 0.3) is 0 Å². The quantitative estimate of drug-likeness (QED) is 0.830. The number of amides is 1. The second kappa shape index (κ2) is 4.29. The number of rotatable bonds is 3. The second-order valence-corrected chi connectivity index (χ2v) is 3.73. The molecular weight excluding hydrogens is 248 g/mol. The molecule has 17 heavy (non-hydrogen) atoms. The van der Waals surface area contributed by atoms with E-state index in [1.807, 2.05) is 0 Å². The maximum atomic E-state index is 11.6. The van der Waals surface area contributed by atoms with Crippen LogP contribution in [-0.4, -0.2) is 31.5 Å². The Balaban J connectivity index is 2.11. The van der Waals surface area contributed by atoms with Crippen molar-refractivity contribution in [3.63, 3.8) is 0 Å². The van der Waals surface area contributed by atoms with Crippen LogP contribution in [0.4, 0.5) is 5.13 Å². The zero-order chi connectivity index (χ0) is 12.4. The highest BCUT2D eigenvalue weighted by Crippen LogP contribution is 2.12. The molecule has 0 fully saturated rings. The normalized spacial score (nSPS) is 10.2. The van der Waals surface area contributed by atoms with Gasteiger partial charge in [0, 0.05) is 17.6 Å². The molecule has 0 aliphatic rings. The van der Waals surface area contributed by atoms with Crippen LogP contribution >= 0.6 is 11.5 Å². The van der Waals surface area contributed by atoms with Gasteiger partial charge >= 0.3 is 5.97 Å². The molecule has 0 aromatic carbocycles. The molecular formula is C8H6N4O4S. The Kier molecular flexibility index (Phi) is 2.83. The molecule has 1 amide bonds. The summed E-state index contributed by atoms with van der Waals surface area (Å²) in [5.74, 6) is -1.75. The number of nitrogens with one attached hydrogen (secondary N) is 1. The van der Waals surface area contributed by atoms with Gasteiger partial charge in [-0.3, -0.25) is 10.1 Å². The minimum Gasteiger partial charge on any atom is -0.475 e. The highest BCUT2D eigenvalue weighted by atomic mass is 32.1. The zero-order valence-corrected chi connectivity index (χ0v) is 9.32. The molecule has 0 radical (unpaired) electrons. The monoisotopic (exact) mass is 254 g/mol. The number of hydrogen-bond acceptors (Lipinski definition) is 7. The molecule has 2 aromatic heterocycles. The van der Waals surface area contributed by atoms with Crippen molar-refractivity contribution >= 4 is 28.5 Å². The zero-order valence-electron chi connectivity index (χ0n) is 8.50. The van der Waals surface area contributed by atoms with E-state index < -0.39 is 17.6 Å². The number of aryl methyl sites for hydroxylation is 1. The molecule has 0 spiro atoms. The van der Waals surface area contributed by atoms with Crippen LogP contribution in [0.2, 0.25) is 0 Å². The second-order valence-electron chi connectivity index (χ2n) is 2.98. The van der Waals surface area contributed by atoms with Crippen LogP contribution in [0.3, 0.4) is 0 Å². The molecule has 0 aliphatic heterocycles. The molecule has 0 aliphatic carbocycles. The molecule has 0 saturated carbocycles. The van der Waals surface area contributed by atoms with Gasteiger partial charge in [0.05, 0.1) is 0 Å². The lowest BCUT2D eigenvalue weighted by atomic mass is 10.3. The van der Waals surface area contributed by atoms with Gasteiger partial charge in [-0.15, -0.1) is 0 Å². The number of aromatic carboxylic acids is 1. The third-order valence-corrected chi connectivity index (χ3v) is 2.42. The molecule has 0 atom stereocenters. The van der Waals surface area contributed by atoms with E-state index in [0.29, 0.717) is 11.0 Å². The van der Waals surface area contributed by atoms with Crippen molar-refractivity contribution in [3.8, 4) is 0 Å². The van der Waals surface area contributed by atoms with Crippen molar-refractivity contribution in [2.75, 3.05) is 5.32 Å². The molecule has 9 heteroatoms. The SMILES string of the molecule is Cc1nsc(NC(=O)c2cc(C(=O)O)on2)n1. The van der Waals surface area contributed by atoms with E-state index in [4.69, 9.17) is 5.11 Å². The Morgan fingerprint density at radius 3 is 2.82 bits per heavy atom. The maximum Gasteiger partial charge on any atom is 0.374 e. The fourth-order valence-electron chi connectivity index (χ4n) is 0.992. The smallest absolute Gasteiger partial charge is 0.374 e. The van der Waals surface area contributed by atoms with Gasteiger partial charge in [0.15, 0.2) is 5.69 Å². The third-order valence-electron chi connectivity index (χ3n) is 1.70. The Bertz CT molecular complexity index is 576. The number of carbonyl (C=O) groups excluding carboxylic acids is 1. The lowest BCUT2D eigenvalue weighted by Crippen LogP contribution is -2.12. The molecule has 2 aromatic rings. The molecule has 2 rings (SSSR count). The third kappa shape index (κ3) is 2.45. The van der Waals surface area contributed by atoms with Crippen LogP contribution in [0.1, 0.15) is 26.9 Å². The van der Waals surface area contributed by atoms with Crippen LogP contribution in [0, 0.1) is 6.92 Å². The standard InChI is InChI=1S/C8H6N4O4S/c1-3-9-8(17-12-3)10-6(13)4-2-5(7(14)15)16-11-4/h2H,1H3,(H,14,15)(H,9,10,12,13). The van der Waals surface area contributed by atoms with Crippen LogP contribution < -0.4 is 5.32 Å². The van der Waals surface area contributed by atoms with Gasteiger partial charge in [0.1, 0.15) is 5.82 Å². The average Bonchev–Trinajstić information content (AvgIpc) is 2.86. The van der Waals surface area contributed by atoms with E-state index in [-0.39, 0.29) is 5.69 Å². The predicted octanol–water partition coefficient (Wildman–Crippen LogP) is 0.785. The van der Waals surface area contributed by atoms with E-state index in [9.17, 15) is 9.59 Å². The van der Waals surface area contributed by atoms with Crippen molar-refractivity contribution in [2.45, 2.75) is 6.92 Å². The number of anilines is 1. The number of nitrogens with zero attached hydrogens (tertiary/aromatic N) is 3. The van der Waals surface area contributed by atoms with E-state index in [1.165, 1.54) is 0 Å². The van der Waals surface area contributed by atoms with E-state index >= 15 is 0 Å². The minimum atomic E-state index is -1.29. The first-order valence-corrected chi connectivity index (χ1v) is 5.15. The number of carboxylic acids is 1. The lowest BCUT2D eigenvalue weighted by Gasteiger charge is -1.94. The van der Waals surface area contributed by atoms with Crippen LogP contribution in [0.15, 0.2) is 10.6 Å². The Labute approximate surface area is 98.4 Å². The van der Waals surface area contributed by atoms with Crippen molar-refractivity contribution in [2.24, 2.45) is 0 Å². The van der Waals surface area contributed by atoms with Gasteiger partial charge < -0.3 is 9.63 Å². The lowest BCUT2D eigenvalue weighted by molar-refractivity contribution is 0.0651. The van der Waals surface area contributed by atoms with Crippen molar-refractivity contribution < 1.29 is 19.2 Å². The predicted molar refractivity (Wildman–Crippen MR) is 56.1 cm³/mol. The topological polar surface area (TPSA) is 118 Å². The highest BCUT2D eigenvalue weighted by molar-refractivity contribution is 7.09. The van der Waals surface area contributed by atoms with E-state index in [2.05, 4.69) is 24.4 Å². The first-order chi connectivity index (χ1) is 8.06. The molecule has 2 N–H and O–H groups in total. The molecule has 2 heterocycles. The minimum absolute atomic E-state index is 0.129. The van der Waals surface area contributed by atoms with E-state index in [1.54, 1.807) is 6.92 Å². The van der Waals surface area contributed by atoms with Gasteiger partial charge in [0.25, 0.3) is 5.91 Å². The van der Waals surface area contributed by atoms with Gasteiger partial charge in [-0.2, -0.15) is 4.37 Å². The number of carbonyl (C=O) groups is 2. The average molecular weight is 254 g/mol. The number of carboxylic acid groups (broad SMARTS) is 1. The fourth-order valence-corrected chi connectivity index (χ4v) is 1.56. The Morgan fingerprint density at radius 1 is 1.53 bits per heavy atom. The first kappa shape index (κ1) is 11.2. The van der Waals surface area contributed by atoms with Gasteiger partial charge in [-0.25, -0.2) is 9.78 Å². The van der Waals surface area contributed by atoms with Gasteiger partial charge in [0.2, 0.25) is 10.9 Å². The summed E-state index contributed by atoms with van der Waals surface area (Å²) < 4.78 is 8.32. The van der Waals surface area contributed by atoms with Crippen LogP contribution in [-0.2, 0) is 0 Å². The largest absolute Gasteiger partial charge is 0.475 e. The Morgan fingerprint density at radius 2 is 2.29 bits per heavy atom. The molecule has 0 unspecified atom stereocenters. The van der Waals surface area contributed by atoms with Crippen molar-refractivity contribution in [3.05, 3.63) is 23.3 Å². The number of aromatic nitrogens is 3. The first-order valence-electron chi connectivity index (χ1n) is 4.38. The molecule has 88 valence electrons. The number of hydrogen-bond donors (Lipinski definition) is 2. The highest BCUT2D eigenvalue weighted by Gasteiger charge is 2.17. The summed E-state index contributed by atoms with van der Waals surface area (Å²) in [6.07, 6.45) is 0. The summed E-state index contributed by atoms with van der Waals surface area (Å²) in [4.78, 5) is 26.0. The fraction of sp³-hybridized carbons (Fsp3) is 0.125. The van der Waals surface area contributed by atoms with Crippen LogP contribution in [0.5, 0.6) is 0 Å². The molecule has 0 bridgehead atoms. The van der Waals surface area contributed by atoms with Crippen molar-refractivity contribution in [1.29, 1.82) is 0 Å². The summed E-state index contributed by atoms with van der Waals surface area (Å²) in [5.41, 5.74) is -0.129. The summed E-state index contributed by atoms with van der Waals surface area (Å²) in [7, 11) is 0. The summed E-state index contributed by atoms with van der Waals surface area (Å²) >= 11 is 1.02. The maximum absolute atomic E-state index is 11.6. The summed E-state index contributed by atoms with van der Waals surface area (Å²) in [6.45, 7) is 1.69. The van der Waals surface area contributed by atoms with Crippen molar-refractivity contribution in [1.82, 2.24) is 14.5 Å². The Hall–Kier alpha value is -2.29. The summed E-state index contributed by atoms with van der Waals surface area (Å²) in [6, 6.07) is 1.03. The van der Waals surface area contributed by atoms with E-state index in [0.717, 1.165) is 17.6 Å². The molecule has 8 nitrogen and oxygen atoms in total. The molecule has 0 saturated heterocycles. The summed E-state index contributed by atoms with van der Waals surface area (Å²) in [5, 5.41) is 14.7. The van der Waals surface area contributed by atoms with Gasteiger partial charge in [-0.1, -0.05) is 5.16 Å².